The van der Waals surface area contributed by atoms with Crippen LogP contribution >= 0.6 is 0 Å². The molecule has 4 nitrogen and oxygen atoms in total. The molecule has 0 aliphatic carbocycles. The molecule has 1 aliphatic heterocycles. The second-order valence-electron chi connectivity index (χ2n) is 6.13. The fourth-order valence-corrected chi connectivity index (χ4v) is 1.95. The van der Waals surface area contributed by atoms with Crippen molar-refractivity contribution in [2.24, 2.45) is 0 Å². The Kier molecular flexibility index (Phi) is 4.59. The lowest BCUT2D eigenvalue weighted by atomic mass is 9.80. The number of aromatic nitrogens is 1. The van der Waals surface area contributed by atoms with Crippen LogP contribution in [0.25, 0.3) is 0 Å². The van der Waals surface area contributed by atoms with Gasteiger partial charge in [0.15, 0.2) is 0 Å². The van der Waals surface area contributed by atoms with Gasteiger partial charge in [0.1, 0.15) is 5.76 Å². The molecule has 116 valence electrons. The van der Waals surface area contributed by atoms with Crippen molar-refractivity contribution in [2.75, 3.05) is 0 Å². The number of allylic oxidation sites excluding steroid dienone is 3. The molecule has 22 heavy (non-hydrogen) atoms. The number of ether oxygens (including phenoxy) is 1. The second-order valence-corrected chi connectivity index (χ2v) is 6.13. The highest BCUT2D eigenvalue weighted by molar-refractivity contribution is 6.62. The largest absolute Gasteiger partial charge is 0.496 e. The van der Waals surface area contributed by atoms with E-state index in [0.717, 1.165) is 5.46 Å². The van der Waals surface area contributed by atoms with Gasteiger partial charge in [-0.3, -0.25) is 0 Å². The Bertz CT molecular complexity index is 574. The Morgan fingerprint density at radius 1 is 1.18 bits per heavy atom. The van der Waals surface area contributed by atoms with Crippen LogP contribution in [-0.4, -0.2) is 23.3 Å². The minimum atomic E-state index is -0.422. The maximum Gasteiger partial charge on any atom is 0.496 e. The summed E-state index contributed by atoms with van der Waals surface area (Å²) in [5.74, 6) is 1.07. The van der Waals surface area contributed by atoms with Gasteiger partial charge in [0.2, 0.25) is 5.88 Å². The summed E-state index contributed by atoms with van der Waals surface area (Å²) in [7, 11) is -0.422. The number of hydrogen-bond acceptors (Lipinski definition) is 4. The van der Waals surface area contributed by atoms with Crippen LogP contribution in [0.3, 0.4) is 0 Å². The van der Waals surface area contributed by atoms with Crippen LogP contribution in [0.1, 0.15) is 27.7 Å². The first-order chi connectivity index (χ1) is 10.3. The Hall–Kier alpha value is -1.85. The van der Waals surface area contributed by atoms with Crippen LogP contribution in [0.2, 0.25) is 0 Å². The van der Waals surface area contributed by atoms with E-state index in [0.29, 0.717) is 11.6 Å². The van der Waals surface area contributed by atoms with Gasteiger partial charge in [-0.15, -0.1) is 0 Å². The summed E-state index contributed by atoms with van der Waals surface area (Å²) in [6.45, 7) is 15.4. The van der Waals surface area contributed by atoms with Gasteiger partial charge >= 0.3 is 7.12 Å². The Balaban J connectivity index is 2.12. The summed E-state index contributed by atoms with van der Waals surface area (Å²) >= 11 is 0. The zero-order valence-corrected chi connectivity index (χ0v) is 13.6. The van der Waals surface area contributed by atoms with Crippen molar-refractivity contribution < 1.29 is 14.0 Å². The fraction of sp³-hybridized carbons (Fsp3) is 0.353. The van der Waals surface area contributed by atoms with Gasteiger partial charge < -0.3 is 14.0 Å². The van der Waals surface area contributed by atoms with Crippen molar-refractivity contribution in [3.8, 4) is 5.88 Å². The summed E-state index contributed by atoms with van der Waals surface area (Å²) < 4.78 is 17.6. The topological polar surface area (TPSA) is 40.6 Å². The molecule has 0 spiro atoms. The zero-order chi connectivity index (χ0) is 16.4. The van der Waals surface area contributed by atoms with E-state index in [1.165, 1.54) is 0 Å². The van der Waals surface area contributed by atoms with Crippen LogP contribution in [0.15, 0.2) is 55.5 Å². The van der Waals surface area contributed by atoms with E-state index in [9.17, 15) is 0 Å². The molecule has 0 amide bonds. The van der Waals surface area contributed by atoms with Crippen LogP contribution in [-0.2, 0) is 9.31 Å². The van der Waals surface area contributed by atoms with Crippen LogP contribution in [0.4, 0.5) is 0 Å². The van der Waals surface area contributed by atoms with Gasteiger partial charge in [-0.05, 0) is 39.8 Å². The van der Waals surface area contributed by atoms with Gasteiger partial charge in [0.25, 0.3) is 0 Å². The third-order valence-electron chi connectivity index (χ3n) is 3.99. The van der Waals surface area contributed by atoms with E-state index in [2.05, 4.69) is 18.1 Å². The summed E-state index contributed by atoms with van der Waals surface area (Å²) in [6, 6.07) is 3.67. The first-order valence-electron chi connectivity index (χ1n) is 7.23. The molecular formula is C17H22BNO3. The van der Waals surface area contributed by atoms with Gasteiger partial charge in [-0.1, -0.05) is 25.3 Å². The lowest BCUT2D eigenvalue weighted by Crippen LogP contribution is -2.41. The molecule has 5 heteroatoms. The molecule has 0 aromatic carbocycles. The van der Waals surface area contributed by atoms with Crippen molar-refractivity contribution in [2.45, 2.75) is 38.9 Å². The summed E-state index contributed by atoms with van der Waals surface area (Å²) in [6.07, 6.45) is 6.66. The molecule has 2 rings (SSSR count). The van der Waals surface area contributed by atoms with Crippen molar-refractivity contribution in [3.05, 3.63) is 55.5 Å². The molecule has 0 N–H and O–H groups in total. The standard InChI is InChI=1S/C17H22BNO3/c1-7-9-14(8-2)20-15-11-10-13(12-19-15)18-21-16(3,4)17(5,6)22-18/h7-12H,1-2H2,3-6H3/b14-9+. The molecule has 0 atom stereocenters. The first kappa shape index (κ1) is 16.5. The molecule has 2 heterocycles. The van der Waals surface area contributed by atoms with Crippen molar-refractivity contribution in [1.29, 1.82) is 0 Å². The summed E-state index contributed by atoms with van der Waals surface area (Å²) in [5.41, 5.74) is 0.129. The Morgan fingerprint density at radius 3 is 2.27 bits per heavy atom. The number of hydrogen-bond donors (Lipinski definition) is 0. The minimum absolute atomic E-state index is 0.366. The highest BCUT2D eigenvalue weighted by Gasteiger charge is 2.51. The Morgan fingerprint density at radius 2 is 1.82 bits per heavy atom. The van der Waals surface area contributed by atoms with E-state index in [1.54, 1.807) is 30.5 Å². The van der Waals surface area contributed by atoms with Gasteiger partial charge in [0.05, 0.1) is 11.2 Å². The number of pyridine rings is 1. The lowest BCUT2D eigenvalue weighted by molar-refractivity contribution is 0.00578. The van der Waals surface area contributed by atoms with Gasteiger partial charge in [-0.25, -0.2) is 4.98 Å². The third kappa shape index (κ3) is 3.31. The van der Waals surface area contributed by atoms with Crippen molar-refractivity contribution >= 4 is 12.6 Å². The maximum absolute atomic E-state index is 5.99. The van der Waals surface area contributed by atoms with Crippen molar-refractivity contribution in [1.82, 2.24) is 4.98 Å². The predicted molar refractivity (Wildman–Crippen MR) is 89.1 cm³/mol. The van der Waals surface area contributed by atoms with Crippen LogP contribution < -0.4 is 10.2 Å². The molecule has 1 aromatic rings. The van der Waals surface area contributed by atoms with Gasteiger partial charge in [-0.2, -0.15) is 0 Å². The molecule has 0 radical (unpaired) electrons. The molecule has 0 unspecified atom stereocenters. The monoisotopic (exact) mass is 299 g/mol. The van der Waals surface area contributed by atoms with E-state index < -0.39 is 7.12 Å². The molecule has 1 fully saturated rings. The predicted octanol–water partition coefficient (Wildman–Crippen LogP) is 3.02. The molecular weight excluding hydrogens is 277 g/mol. The first-order valence-corrected chi connectivity index (χ1v) is 7.23. The average molecular weight is 299 g/mol. The molecule has 0 bridgehead atoms. The SMILES string of the molecule is C=C/C=C(\C=C)Oc1ccc(B2OC(C)(C)C(C)(C)O2)cn1. The maximum atomic E-state index is 5.99. The highest BCUT2D eigenvalue weighted by Crippen LogP contribution is 2.36. The second kappa shape index (κ2) is 6.11. The third-order valence-corrected chi connectivity index (χ3v) is 3.99. The molecule has 1 saturated heterocycles. The van der Waals surface area contributed by atoms with E-state index >= 15 is 0 Å². The van der Waals surface area contributed by atoms with Gasteiger partial charge in [0, 0.05) is 17.7 Å². The Labute approximate surface area is 132 Å². The normalized spacial score (nSPS) is 19.8. The number of nitrogens with zero attached hydrogens (tertiary/aromatic N) is 1. The lowest BCUT2D eigenvalue weighted by Gasteiger charge is -2.32. The fourth-order valence-electron chi connectivity index (χ4n) is 1.95. The van der Waals surface area contributed by atoms with E-state index in [-0.39, 0.29) is 11.2 Å². The summed E-state index contributed by atoms with van der Waals surface area (Å²) in [4.78, 5) is 4.28. The summed E-state index contributed by atoms with van der Waals surface area (Å²) in [5, 5.41) is 0. The molecule has 1 aliphatic rings. The molecule has 0 saturated carbocycles. The van der Waals surface area contributed by atoms with E-state index in [1.807, 2.05) is 33.8 Å². The quantitative estimate of drug-likeness (QED) is 0.476. The highest BCUT2D eigenvalue weighted by atomic mass is 16.7. The van der Waals surface area contributed by atoms with E-state index in [4.69, 9.17) is 14.0 Å². The smallest absolute Gasteiger partial charge is 0.439 e. The number of rotatable bonds is 5. The average Bonchev–Trinajstić information content (AvgIpc) is 2.67. The molecule has 1 aromatic heterocycles. The minimum Gasteiger partial charge on any atom is -0.439 e. The van der Waals surface area contributed by atoms with Crippen LogP contribution in [0.5, 0.6) is 5.88 Å². The van der Waals surface area contributed by atoms with Crippen molar-refractivity contribution in [3.63, 3.8) is 0 Å². The van der Waals surface area contributed by atoms with Crippen LogP contribution in [0, 0.1) is 0 Å². The zero-order valence-electron chi connectivity index (χ0n) is 13.6.